The van der Waals surface area contributed by atoms with Crippen LogP contribution in [0.3, 0.4) is 0 Å². The van der Waals surface area contributed by atoms with Gasteiger partial charge in [0.05, 0.1) is 0 Å². The lowest BCUT2D eigenvalue weighted by Gasteiger charge is -2.18. The van der Waals surface area contributed by atoms with Crippen LogP contribution in [0.15, 0.2) is 72.9 Å². The summed E-state index contributed by atoms with van der Waals surface area (Å²) in [5.41, 5.74) is 0. The Labute approximate surface area is 427 Å². The van der Waals surface area contributed by atoms with E-state index in [0.717, 1.165) is 103 Å². The van der Waals surface area contributed by atoms with Gasteiger partial charge in [0.2, 0.25) is 0 Å². The van der Waals surface area contributed by atoms with E-state index in [0.29, 0.717) is 19.3 Å². The van der Waals surface area contributed by atoms with Crippen LogP contribution in [0.1, 0.15) is 290 Å². The lowest BCUT2D eigenvalue weighted by atomic mass is 10.0. The molecule has 0 radical (unpaired) electrons. The van der Waals surface area contributed by atoms with Crippen molar-refractivity contribution in [3.63, 3.8) is 0 Å². The van der Waals surface area contributed by atoms with Crippen molar-refractivity contribution in [2.24, 2.45) is 0 Å². The van der Waals surface area contributed by atoms with Gasteiger partial charge < -0.3 is 14.2 Å². The summed E-state index contributed by atoms with van der Waals surface area (Å²) in [6.45, 7) is 6.52. The minimum absolute atomic E-state index is 0.0810. The van der Waals surface area contributed by atoms with E-state index in [2.05, 4.69) is 93.7 Å². The van der Waals surface area contributed by atoms with Gasteiger partial charge in [0.15, 0.2) is 6.10 Å². The summed E-state index contributed by atoms with van der Waals surface area (Å²) in [5, 5.41) is 0. The van der Waals surface area contributed by atoms with Crippen LogP contribution in [0, 0.1) is 0 Å². The van der Waals surface area contributed by atoms with Crippen LogP contribution in [0.2, 0.25) is 0 Å². The van der Waals surface area contributed by atoms with E-state index in [4.69, 9.17) is 14.2 Å². The normalized spacial score (nSPS) is 12.6. The number of hydrogen-bond donors (Lipinski definition) is 0. The van der Waals surface area contributed by atoms with Crippen molar-refractivity contribution in [3.05, 3.63) is 72.9 Å². The van der Waals surface area contributed by atoms with Crippen molar-refractivity contribution in [1.29, 1.82) is 0 Å². The van der Waals surface area contributed by atoms with Crippen LogP contribution in [0.5, 0.6) is 0 Å². The van der Waals surface area contributed by atoms with Gasteiger partial charge in [0.1, 0.15) is 13.2 Å². The van der Waals surface area contributed by atoms with E-state index in [-0.39, 0.29) is 31.1 Å². The zero-order chi connectivity index (χ0) is 50.0. The maximum absolute atomic E-state index is 12.9. The highest BCUT2D eigenvalue weighted by atomic mass is 16.6. The molecule has 398 valence electrons. The number of carbonyl (C=O) groups is 3. The fourth-order valence-electron chi connectivity index (χ4n) is 8.29. The van der Waals surface area contributed by atoms with Crippen LogP contribution < -0.4 is 0 Å². The van der Waals surface area contributed by atoms with Crippen LogP contribution in [-0.4, -0.2) is 37.2 Å². The van der Waals surface area contributed by atoms with Crippen molar-refractivity contribution in [2.75, 3.05) is 13.2 Å². The molecular weight excluding hydrogens is 853 g/mol. The van der Waals surface area contributed by atoms with Crippen LogP contribution in [0.4, 0.5) is 0 Å². The summed E-state index contributed by atoms with van der Waals surface area (Å²) >= 11 is 0. The first kappa shape index (κ1) is 65.8. The lowest BCUT2D eigenvalue weighted by molar-refractivity contribution is -0.167. The van der Waals surface area contributed by atoms with Gasteiger partial charge in [-0.25, -0.2) is 0 Å². The van der Waals surface area contributed by atoms with E-state index < -0.39 is 6.10 Å². The predicted molar refractivity (Wildman–Crippen MR) is 298 cm³/mol. The van der Waals surface area contributed by atoms with Crippen LogP contribution in [0.25, 0.3) is 0 Å². The average molecular weight is 964 g/mol. The number of rotatable bonds is 53. The van der Waals surface area contributed by atoms with Gasteiger partial charge in [-0.15, -0.1) is 0 Å². The molecule has 1 atom stereocenters. The van der Waals surface area contributed by atoms with Gasteiger partial charge in [0.25, 0.3) is 0 Å². The Bertz CT molecular complexity index is 1290. The molecule has 0 N–H and O–H groups in total. The van der Waals surface area contributed by atoms with E-state index in [1.807, 2.05) is 0 Å². The number of esters is 3. The second-order valence-corrected chi connectivity index (χ2v) is 19.5. The van der Waals surface area contributed by atoms with Crippen molar-refractivity contribution >= 4 is 17.9 Å². The van der Waals surface area contributed by atoms with E-state index in [9.17, 15) is 14.4 Å². The molecule has 0 amide bonds. The molecule has 0 aromatic heterocycles. The summed E-state index contributed by atoms with van der Waals surface area (Å²) in [7, 11) is 0. The minimum atomic E-state index is -0.785. The fraction of sp³-hybridized carbons (Fsp3) is 0.762. The second kappa shape index (κ2) is 57.4. The molecule has 0 heterocycles. The van der Waals surface area contributed by atoms with Gasteiger partial charge in [-0.1, -0.05) is 254 Å². The Morgan fingerprint density at radius 3 is 0.899 bits per heavy atom. The zero-order valence-electron chi connectivity index (χ0n) is 45.6. The third-order valence-electron chi connectivity index (χ3n) is 12.7. The standard InChI is InChI=1S/C63H110O6/c1-4-7-10-13-16-19-22-25-28-30-32-34-35-38-41-44-47-50-53-56-62(65)68-59-60(58-67-61(64)55-52-49-46-43-40-37-27-24-21-18-15-12-9-6-3)69-63(66)57-54-51-48-45-42-39-36-33-31-29-26-23-20-17-14-11-8-5-2/h7,10,16,19-20,23,25,28-29,31-32,34,60H,4-6,8-9,11-15,17-18,21-22,24,26-27,30,33,35-59H2,1-3H3/b10-7-,19-16-,23-20-,28-25-,31-29-,34-32-. The molecule has 0 aliphatic heterocycles. The fourth-order valence-corrected chi connectivity index (χ4v) is 8.29. The SMILES string of the molecule is CC/C=C\C/C=C\C/C=C\C/C=C\CCCCCCCCC(=O)OCC(COC(=O)CCCCCCCCCCCCCCCC)OC(=O)CCCCCCCCC/C=C\C/C=C\CCCCCC. The van der Waals surface area contributed by atoms with Gasteiger partial charge in [-0.2, -0.15) is 0 Å². The first-order chi connectivity index (χ1) is 34.0. The number of carbonyl (C=O) groups excluding carboxylic acids is 3. The maximum Gasteiger partial charge on any atom is 0.306 e. The molecule has 1 unspecified atom stereocenters. The highest BCUT2D eigenvalue weighted by molar-refractivity contribution is 5.71. The second-order valence-electron chi connectivity index (χ2n) is 19.5. The van der Waals surface area contributed by atoms with Crippen LogP contribution in [-0.2, 0) is 28.6 Å². The molecule has 0 spiro atoms. The van der Waals surface area contributed by atoms with Gasteiger partial charge >= 0.3 is 17.9 Å². The number of unbranched alkanes of at least 4 members (excludes halogenated alkanes) is 30. The molecule has 6 heteroatoms. The summed E-state index contributed by atoms with van der Waals surface area (Å²) in [6.07, 6.45) is 73.1. The third-order valence-corrected chi connectivity index (χ3v) is 12.7. The van der Waals surface area contributed by atoms with Crippen molar-refractivity contribution in [2.45, 2.75) is 297 Å². The maximum atomic E-state index is 12.9. The Hall–Kier alpha value is -3.15. The molecule has 0 fully saturated rings. The van der Waals surface area contributed by atoms with Gasteiger partial charge in [-0.05, 0) is 89.9 Å². The average Bonchev–Trinajstić information content (AvgIpc) is 3.35. The Balaban J connectivity index is 4.40. The van der Waals surface area contributed by atoms with Crippen molar-refractivity contribution in [1.82, 2.24) is 0 Å². The molecule has 69 heavy (non-hydrogen) atoms. The molecule has 0 aromatic carbocycles. The first-order valence-electron chi connectivity index (χ1n) is 29.4. The Morgan fingerprint density at radius 2 is 0.565 bits per heavy atom. The summed E-state index contributed by atoms with van der Waals surface area (Å²) in [6, 6.07) is 0. The molecule has 0 bridgehead atoms. The van der Waals surface area contributed by atoms with Gasteiger partial charge in [0, 0.05) is 19.3 Å². The molecule has 0 saturated heterocycles. The van der Waals surface area contributed by atoms with Crippen molar-refractivity contribution in [3.8, 4) is 0 Å². The molecule has 6 nitrogen and oxygen atoms in total. The summed E-state index contributed by atoms with van der Waals surface area (Å²) < 4.78 is 16.9. The molecule has 0 aliphatic carbocycles. The van der Waals surface area contributed by atoms with Crippen molar-refractivity contribution < 1.29 is 28.6 Å². The lowest BCUT2D eigenvalue weighted by Crippen LogP contribution is -2.30. The van der Waals surface area contributed by atoms with E-state index >= 15 is 0 Å². The predicted octanol–water partition coefficient (Wildman–Crippen LogP) is 19.8. The van der Waals surface area contributed by atoms with E-state index in [1.165, 1.54) is 148 Å². The molecule has 0 aliphatic rings. The number of ether oxygens (including phenoxy) is 3. The Kier molecular flexibility index (Phi) is 54.8. The number of allylic oxidation sites excluding steroid dienone is 12. The smallest absolute Gasteiger partial charge is 0.306 e. The molecule has 0 aromatic rings. The van der Waals surface area contributed by atoms with Gasteiger partial charge in [-0.3, -0.25) is 14.4 Å². The highest BCUT2D eigenvalue weighted by Crippen LogP contribution is 2.16. The molecule has 0 rings (SSSR count). The quantitative estimate of drug-likeness (QED) is 0.0262. The highest BCUT2D eigenvalue weighted by Gasteiger charge is 2.19. The minimum Gasteiger partial charge on any atom is -0.462 e. The topological polar surface area (TPSA) is 78.9 Å². The van der Waals surface area contributed by atoms with Crippen LogP contribution >= 0.6 is 0 Å². The number of hydrogen-bond acceptors (Lipinski definition) is 6. The summed E-state index contributed by atoms with van der Waals surface area (Å²) in [5.74, 6) is -0.892. The molecule has 0 saturated carbocycles. The third kappa shape index (κ3) is 55.6. The zero-order valence-corrected chi connectivity index (χ0v) is 45.6. The Morgan fingerprint density at radius 1 is 0.304 bits per heavy atom. The van der Waals surface area contributed by atoms with E-state index in [1.54, 1.807) is 0 Å². The first-order valence-corrected chi connectivity index (χ1v) is 29.4. The summed E-state index contributed by atoms with van der Waals surface area (Å²) in [4.78, 5) is 38.2. The largest absolute Gasteiger partial charge is 0.462 e. The monoisotopic (exact) mass is 963 g/mol. The molecular formula is C63H110O6.